The molecular weight excluding hydrogens is 320 g/mol. The number of hydrogen-bond donors (Lipinski definition) is 2. The van der Waals surface area contributed by atoms with E-state index >= 15 is 0 Å². The average Bonchev–Trinajstić information content (AvgIpc) is 2.89. The summed E-state index contributed by atoms with van der Waals surface area (Å²) in [6, 6.07) is 5.56. The van der Waals surface area contributed by atoms with E-state index in [1.54, 1.807) is 6.92 Å². The quantitative estimate of drug-likeness (QED) is 0.826. The molecule has 0 heterocycles. The first kappa shape index (κ1) is 15.8. The Hall–Kier alpha value is -0.580. The monoisotopic (exact) mass is 342 g/mol. The number of hydrogen-bond acceptors (Lipinski definition) is 3. The lowest BCUT2D eigenvalue weighted by molar-refractivity contribution is 0.0832. The van der Waals surface area contributed by atoms with E-state index in [9.17, 15) is 10.2 Å². The summed E-state index contributed by atoms with van der Waals surface area (Å²) < 4.78 is 6.62. The molecular formula is C16H23BrO3. The fourth-order valence-electron chi connectivity index (χ4n) is 2.86. The zero-order valence-corrected chi connectivity index (χ0v) is 13.5. The molecule has 0 amide bonds. The Morgan fingerprint density at radius 1 is 1.30 bits per heavy atom. The molecule has 0 bridgehead atoms. The number of aliphatic hydroxyl groups excluding tert-OH is 2. The van der Waals surface area contributed by atoms with Crippen molar-refractivity contribution in [2.75, 3.05) is 6.61 Å². The Balaban J connectivity index is 1.90. The van der Waals surface area contributed by atoms with Crippen molar-refractivity contribution >= 4 is 15.9 Å². The molecule has 1 fully saturated rings. The van der Waals surface area contributed by atoms with E-state index in [0.29, 0.717) is 11.7 Å². The summed E-state index contributed by atoms with van der Waals surface area (Å²) in [7, 11) is 0. The van der Waals surface area contributed by atoms with Gasteiger partial charge in [0.15, 0.2) is 0 Å². The van der Waals surface area contributed by atoms with Crippen molar-refractivity contribution in [3.8, 4) is 5.75 Å². The highest BCUT2D eigenvalue weighted by Crippen LogP contribution is 2.30. The van der Waals surface area contributed by atoms with Gasteiger partial charge >= 0.3 is 0 Å². The Kier molecular flexibility index (Phi) is 5.87. The van der Waals surface area contributed by atoms with Crippen LogP contribution < -0.4 is 4.74 Å². The largest absolute Gasteiger partial charge is 0.490 e. The van der Waals surface area contributed by atoms with Gasteiger partial charge in [-0.15, -0.1) is 0 Å². The van der Waals surface area contributed by atoms with Crippen LogP contribution >= 0.6 is 15.9 Å². The molecule has 2 N–H and O–H groups in total. The molecule has 1 aromatic rings. The van der Waals surface area contributed by atoms with Gasteiger partial charge in [0.05, 0.1) is 12.2 Å². The smallest absolute Gasteiger partial charge is 0.126 e. The van der Waals surface area contributed by atoms with Crippen molar-refractivity contribution in [3.05, 3.63) is 28.2 Å². The Morgan fingerprint density at radius 3 is 2.65 bits per heavy atom. The average molecular weight is 343 g/mol. The van der Waals surface area contributed by atoms with Crippen LogP contribution in [0, 0.1) is 5.92 Å². The molecule has 0 aliphatic heterocycles. The maximum Gasteiger partial charge on any atom is 0.126 e. The normalized spacial score (nSPS) is 19.0. The second kappa shape index (κ2) is 7.43. The summed E-state index contributed by atoms with van der Waals surface area (Å²) in [4.78, 5) is 0. The third-order valence-electron chi connectivity index (χ3n) is 3.94. The van der Waals surface area contributed by atoms with Gasteiger partial charge in [0.1, 0.15) is 12.4 Å². The van der Waals surface area contributed by atoms with Crippen LogP contribution in [-0.4, -0.2) is 22.9 Å². The standard InChI is InChI=1S/C16H23BrO3/c1-11(18)15-7-6-13(17)9-16(15)20-10-14(19)8-12-4-2-3-5-12/h6-7,9,11-12,14,18-19H,2-5,8,10H2,1H3/t11-,14?/m0/s1. The number of aliphatic hydroxyl groups is 2. The topological polar surface area (TPSA) is 49.7 Å². The molecule has 1 unspecified atom stereocenters. The molecule has 1 aromatic carbocycles. The molecule has 2 rings (SSSR count). The minimum absolute atomic E-state index is 0.284. The molecule has 1 aliphatic rings. The molecule has 2 atom stereocenters. The molecule has 1 saturated carbocycles. The number of halogens is 1. The molecule has 0 radical (unpaired) electrons. The maximum absolute atomic E-state index is 10.1. The number of ether oxygens (including phenoxy) is 1. The summed E-state index contributed by atoms with van der Waals surface area (Å²) in [6.45, 7) is 2.00. The number of rotatable bonds is 6. The van der Waals surface area contributed by atoms with Crippen LogP contribution in [0.5, 0.6) is 5.75 Å². The Morgan fingerprint density at radius 2 is 2.00 bits per heavy atom. The predicted molar refractivity (Wildman–Crippen MR) is 82.9 cm³/mol. The Bertz CT molecular complexity index is 428. The highest BCUT2D eigenvalue weighted by molar-refractivity contribution is 9.10. The van der Waals surface area contributed by atoms with Crippen molar-refractivity contribution in [1.82, 2.24) is 0 Å². The van der Waals surface area contributed by atoms with Crippen LogP contribution in [-0.2, 0) is 0 Å². The summed E-state index contributed by atoms with van der Waals surface area (Å²) in [5, 5.41) is 19.8. The van der Waals surface area contributed by atoms with E-state index < -0.39 is 12.2 Å². The third kappa shape index (κ3) is 4.47. The van der Waals surface area contributed by atoms with Crippen LogP contribution in [0.4, 0.5) is 0 Å². The summed E-state index contributed by atoms with van der Waals surface area (Å²) >= 11 is 3.40. The first-order valence-corrected chi connectivity index (χ1v) is 8.14. The molecule has 0 aromatic heterocycles. The van der Waals surface area contributed by atoms with E-state index in [0.717, 1.165) is 16.5 Å². The second-order valence-electron chi connectivity index (χ2n) is 5.71. The zero-order chi connectivity index (χ0) is 14.5. The fourth-order valence-corrected chi connectivity index (χ4v) is 3.20. The van der Waals surface area contributed by atoms with Crippen LogP contribution in [0.3, 0.4) is 0 Å². The van der Waals surface area contributed by atoms with E-state index in [2.05, 4.69) is 15.9 Å². The van der Waals surface area contributed by atoms with Gasteiger partial charge in [0.25, 0.3) is 0 Å². The molecule has 4 heteroatoms. The molecule has 20 heavy (non-hydrogen) atoms. The molecule has 112 valence electrons. The lowest BCUT2D eigenvalue weighted by Crippen LogP contribution is -2.21. The fraction of sp³-hybridized carbons (Fsp3) is 0.625. The Labute approximate surface area is 129 Å². The van der Waals surface area contributed by atoms with Crippen molar-refractivity contribution in [2.45, 2.75) is 51.2 Å². The lowest BCUT2D eigenvalue weighted by Gasteiger charge is -2.18. The van der Waals surface area contributed by atoms with E-state index in [1.165, 1.54) is 25.7 Å². The van der Waals surface area contributed by atoms with Gasteiger partial charge in [-0.1, -0.05) is 47.7 Å². The van der Waals surface area contributed by atoms with Gasteiger partial charge in [0.2, 0.25) is 0 Å². The van der Waals surface area contributed by atoms with E-state index in [-0.39, 0.29) is 6.61 Å². The minimum atomic E-state index is -0.579. The highest BCUT2D eigenvalue weighted by atomic mass is 79.9. The minimum Gasteiger partial charge on any atom is -0.490 e. The molecule has 0 spiro atoms. The predicted octanol–water partition coefficient (Wildman–Crippen LogP) is 3.82. The van der Waals surface area contributed by atoms with Crippen LogP contribution in [0.2, 0.25) is 0 Å². The van der Waals surface area contributed by atoms with Gasteiger partial charge in [-0.3, -0.25) is 0 Å². The van der Waals surface area contributed by atoms with Crippen molar-refractivity contribution in [3.63, 3.8) is 0 Å². The SMILES string of the molecule is C[C@H](O)c1ccc(Br)cc1OCC(O)CC1CCCC1. The van der Waals surface area contributed by atoms with E-state index in [1.807, 2.05) is 18.2 Å². The zero-order valence-electron chi connectivity index (χ0n) is 11.9. The maximum atomic E-state index is 10.1. The van der Waals surface area contributed by atoms with Crippen molar-refractivity contribution in [2.24, 2.45) is 5.92 Å². The van der Waals surface area contributed by atoms with Gasteiger partial charge in [-0.25, -0.2) is 0 Å². The summed E-state index contributed by atoms with van der Waals surface area (Å²) in [5.41, 5.74) is 0.751. The first-order valence-electron chi connectivity index (χ1n) is 7.34. The lowest BCUT2D eigenvalue weighted by atomic mass is 10.0. The van der Waals surface area contributed by atoms with Crippen molar-refractivity contribution in [1.29, 1.82) is 0 Å². The first-order chi connectivity index (χ1) is 9.56. The molecule has 1 aliphatic carbocycles. The van der Waals surface area contributed by atoms with Gasteiger partial charge < -0.3 is 14.9 Å². The highest BCUT2D eigenvalue weighted by Gasteiger charge is 2.19. The third-order valence-corrected chi connectivity index (χ3v) is 4.43. The number of benzene rings is 1. The van der Waals surface area contributed by atoms with Crippen LogP contribution in [0.1, 0.15) is 50.7 Å². The summed E-state index contributed by atoms with van der Waals surface area (Å²) in [5.74, 6) is 1.28. The second-order valence-corrected chi connectivity index (χ2v) is 6.62. The molecule has 0 saturated heterocycles. The van der Waals surface area contributed by atoms with Gasteiger partial charge in [-0.2, -0.15) is 0 Å². The van der Waals surface area contributed by atoms with Gasteiger partial charge in [-0.05, 0) is 31.4 Å². The molecule has 3 nitrogen and oxygen atoms in total. The van der Waals surface area contributed by atoms with Gasteiger partial charge in [0, 0.05) is 10.0 Å². The van der Waals surface area contributed by atoms with Crippen LogP contribution in [0.15, 0.2) is 22.7 Å². The summed E-state index contributed by atoms with van der Waals surface area (Å²) in [6.07, 6.45) is 4.84. The van der Waals surface area contributed by atoms with Crippen LogP contribution in [0.25, 0.3) is 0 Å². The van der Waals surface area contributed by atoms with E-state index in [4.69, 9.17) is 4.74 Å². The van der Waals surface area contributed by atoms with Crippen molar-refractivity contribution < 1.29 is 14.9 Å².